The molecule has 1 aliphatic heterocycles. The van der Waals surface area contributed by atoms with Crippen molar-refractivity contribution in [2.75, 3.05) is 26.2 Å². The molecule has 0 saturated carbocycles. The van der Waals surface area contributed by atoms with E-state index in [1.54, 1.807) is 11.0 Å². The van der Waals surface area contributed by atoms with Gasteiger partial charge in [0.05, 0.1) is 11.4 Å². The predicted molar refractivity (Wildman–Crippen MR) is 120 cm³/mol. The lowest BCUT2D eigenvalue weighted by Crippen LogP contribution is -2.50. The minimum Gasteiger partial charge on any atom is -0.335 e. The highest BCUT2D eigenvalue weighted by atomic mass is 32.2. The van der Waals surface area contributed by atoms with E-state index in [-0.39, 0.29) is 11.7 Å². The normalized spacial score (nSPS) is 15.2. The van der Waals surface area contributed by atoms with Gasteiger partial charge in [0.1, 0.15) is 5.69 Å². The minimum atomic E-state index is -3.41. The van der Waals surface area contributed by atoms with Crippen LogP contribution in [-0.2, 0) is 15.8 Å². The number of benzene rings is 2. The summed E-state index contributed by atoms with van der Waals surface area (Å²) in [6, 6.07) is 17.0. The van der Waals surface area contributed by atoms with Gasteiger partial charge in [-0.1, -0.05) is 42.5 Å². The molecule has 4 rings (SSSR count). The zero-order valence-corrected chi connectivity index (χ0v) is 18.5. The number of carbonyl (C=O) groups excluding carboxylic acids is 1. The van der Waals surface area contributed by atoms with Crippen molar-refractivity contribution in [3.63, 3.8) is 0 Å². The van der Waals surface area contributed by atoms with Gasteiger partial charge in [0.2, 0.25) is 10.0 Å². The molecule has 0 unspecified atom stereocenters. The van der Waals surface area contributed by atoms with Crippen LogP contribution in [0.4, 0.5) is 0 Å². The van der Waals surface area contributed by atoms with Crippen molar-refractivity contribution in [3.8, 4) is 11.3 Å². The van der Waals surface area contributed by atoms with Crippen LogP contribution in [0, 0.1) is 13.8 Å². The van der Waals surface area contributed by atoms with Crippen LogP contribution in [0.3, 0.4) is 0 Å². The highest BCUT2D eigenvalue weighted by Gasteiger charge is 2.30. The maximum absolute atomic E-state index is 12.9. The molecule has 0 spiro atoms. The monoisotopic (exact) mass is 438 g/mol. The molecule has 0 aliphatic carbocycles. The van der Waals surface area contributed by atoms with E-state index in [1.165, 1.54) is 15.4 Å². The topological polar surface area (TPSA) is 86.4 Å². The number of H-pyrrole nitrogens is 1. The molecule has 7 nitrogen and oxygen atoms in total. The summed E-state index contributed by atoms with van der Waals surface area (Å²) >= 11 is 0. The maximum atomic E-state index is 12.9. The van der Waals surface area contributed by atoms with Crippen LogP contribution in [0.15, 0.2) is 54.6 Å². The number of aromatic amines is 1. The smallest absolute Gasteiger partial charge is 0.271 e. The number of hydrogen-bond acceptors (Lipinski definition) is 4. The van der Waals surface area contributed by atoms with Gasteiger partial charge in [0.15, 0.2) is 0 Å². The molecule has 0 atom stereocenters. The van der Waals surface area contributed by atoms with Crippen molar-refractivity contribution >= 4 is 15.9 Å². The van der Waals surface area contributed by atoms with E-state index in [0.29, 0.717) is 31.9 Å². The highest BCUT2D eigenvalue weighted by Crippen LogP contribution is 2.22. The molecule has 1 fully saturated rings. The number of carbonyl (C=O) groups is 1. The third-order valence-electron chi connectivity index (χ3n) is 5.72. The van der Waals surface area contributed by atoms with Crippen molar-refractivity contribution in [1.82, 2.24) is 19.4 Å². The summed E-state index contributed by atoms with van der Waals surface area (Å²) in [7, 11) is -3.41. The molecule has 3 aromatic rings. The Balaban J connectivity index is 1.39. The zero-order valence-electron chi connectivity index (χ0n) is 17.7. The summed E-state index contributed by atoms with van der Waals surface area (Å²) in [5, 5.41) is 7.13. The second kappa shape index (κ2) is 8.64. The Morgan fingerprint density at radius 2 is 1.68 bits per heavy atom. The lowest BCUT2D eigenvalue weighted by atomic mass is 10.0. The fourth-order valence-electron chi connectivity index (χ4n) is 3.70. The summed E-state index contributed by atoms with van der Waals surface area (Å²) in [5.74, 6) is -0.190. The third kappa shape index (κ3) is 4.70. The van der Waals surface area contributed by atoms with Crippen molar-refractivity contribution in [2.45, 2.75) is 19.6 Å². The minimum absolute atomic E-state index is 0.0261. The first kappa shape index (κ1) is 21.3. The first-order chi connectivity index (χ1) is 14.8. The lowest BCUT2D eigenvalue weighted by molar-refractivity contribution is 0.0692. The van der Waals surface area contributed by atoms with Gasteiger partial charge in [0, 0.05) is 31.7 Å². The summed E-state index contributed by atoms with van der Waals surface area (Å²) in [6.07, 6.45) is 0. The third-order valence-corrected chi connectivity index (χ3v) is 7.57. The Kier molecular flexibility index (Phi) is 5.93. The number of nitrogens with zero attached hydrogens (tertiary/aromatic N) is 3. The average molecular weight is 439 g/mol. The predicted octanol–water partition coefficient (Wildman–Crippen LogP) is 2.98. The van der Waals surface area contributed by atoms with E-state index in [2.05, 4.69) is 23.2 Å². The Labute approximate surface area is 182 Å². The van der Waals surface area contributed by atoms with Crippen LogP contribution in [0.5, 0.6) is 0 Å². The second-order valence-electron chi connectivity index (χ2n) is 7.90. The van der Waals surface area contributed by atoms with Crippen LogP contribution in [0.1, 0.15) is 27.2 Å². The number of piperazine rings is 1. The SMILES string of the molecule is Cc1ccc(-c2cc(C(=O)N3CCN(S(=O)(=O)Cc4ccccc4)CC3)[nH]n2)cc1C. The summed E-state index contributed by atoms with van der Waals surface area (Å²) < 4.78 is 26.9. The van der Waals surface area contributed by atoms with E-state index in [1.807, 2.05) is 49.4 Å². The standard InChI is InChI=1S/C23H26N4O3S/c1-17-8-9-20(14-18(17)2)21-15-22(25-24-21)23(28)26-10-12-27(13-11-26)31(29,30)16-19-6-4-3-5-7-19/h3-9,14-15H,10-13,16H2,1-2H3,(H,24,25). The van der Waals surface area contributed by atoms with Gasteiger partial charge in [-0.3, -0.25) is 9.89 Å². The number of aryl methyl sites for hydroxylation is 2. The molecule has 1 saturated heterocycles. The van der Waals surface area contributed by atoms with Gasteiger partial charge < -0.3 is 4.90 Å². The van der Waals surface area contributed by atoms with Gasteiger partial charge in [0.25, 0.3) is 5.91 Å². The molecule has 1 N–H and O–H groups in total. The maximum Gasteiger partial charge on any atom is 0.271 e. The summed E-state index contributed by atoms with van der Waals surface area (Å²) in [4.78, 5) is 14.6. The van der Waals surface area contributed by atoms with Crippen LogP contribution >= 0.6 is 0 Å². The first-order valence-electron chi connectivity index (χ1n) is 10.3. The van der Waals surface area contributed by atoms with Crippen molar-refractivity contribution in [3.05, 3.63) is 77.0 Å². The number of hydrogen-bond donors (Lipinski definition) is 1. The quantitative estimate of drug-likeness (QED) is 0.664. The van der Waals surface area contributed by atoms with Crippen molar-refractivity contribution in [2.24, 2.45) is 0 Å². The molecule has 1 aliphatic rings. The number of aromatic nitrogens is 2. The van der Waals surface area contributed by atoms with E-state index in [9.17, 15) is 13.2 Å². The molecule has 1 amide bonds. The van der Waals surface area contributed by atoms with E-state index in [4.69, 9.17) is 0 Å². The molecule has 2 aromatic carbocycles. The van der Waals surface area contributed by atoms with Gasteiger partial charge in [-0.15, -0.1) is 0 Å². The number of rotatable bonds is 5. The van der Waals surface area contributed by atoms with Crippen LogP contribution in [0.25, 0.3) is 11.3 Å². The molecule has 0 radical (unpaired) electrons. The van der Waals surface area contributed by atoms with Crippen LogP contribution in [0.2, 0.25) is 0 Å². The Morgan fingerprint density at radius 1 is 0.968 bits per heavy atom. The van der Waals surface area contributed by atoms with E-state index >= 15 is 0 Å². The molecule has 1 aromatic heterocycles. The average Bonchev–Trinajstić information content (AvgIpc) is 3.26. The van der Waals surface area contributed by atoms with Crippen LogP contribution in [-0.4, -0.2) is 59.9 Å². The van der Waals surface area contributed by atoms with Gasteiger partial charge >= 0.3 is 0 Å². The van der Waals surface area contributed by atoms with Gasteiger partial charge in [-0.05, 0) is 42.7 Å². The van der Waals surface area contributed by atoms with Gasteiger partial charge in [-0.2, -0.15) is 9.40 Å². The van der Waals surface area contributed by atoms with E-state index in [0.717, 1.165) is 16.8 Å². The fraction of sp³-hybridized carbons (Fsp3) is 0.304. The lowest BCUT2D eigenvalue weighted by Gasteiger charge is -2.33. The Hall–Kier alpha value is -2.97. The zero-order chi connectivity index (χ0) is 22.0. The van der Waals surface area contributed by atoms with E-state index < -0.39 is 10.0 Å². The number of sulfonamides is 1. The Morgan fingerprint density at radius 3 is 2.35 bits per heavy atom. The molecule has 162 valence electrons. The number of nitrogens with one attached hydrogen (secondary N) is 1. The first-order valence-corrected chi connectivity index (χ1v) is 11.9. The molecular formula is C23H26N4O3S. The molecule has 8 heteroatoms. The van der Waals surface area contributed by atoms with Gasteiger partial charge in [-0.25, -0.2) is 8.42 Å². The molecular weight excluding hydrogens is 412 g/mol. The second-order valence-corrected chi connectivity index (χ2v) is 9.87. The molecule has 2 heterocycles. The largest absolute Gasteiger partial charge is 0.335 e. The number of amides is 1. The molecule has 31 heavy (non-hydrogen) atoms. The molecule has 0 bridgehead atoms. The summed E-state index contributed by atoms with van der Waals surface area (Å²) in [6.45, 7) is 5.38. The van der Waals surface area contributed by atoms with Crippen LogP contribution < -0.4 is 0 Å². The van der Waals surface area contributed by atoms with Crippen molar-refractivity contribution < 1.29 is 13.2 Å². The Bertz CT molecular complexity index is 1180. The van der Waals surface area contributed by atoms with Crippen molar-refractivity contribution in [1.29, 1.82) is 0 Å². The summed E-state index contributed by atoms with van der Waals surface area (Å²) in [5.41, 5.74) is 5.22. The fourth-order valence-corrected chi connectivity index (χ4v) is 5.21. The highest BCUT2D eigenvalue weighted by molar-refractivity contribution is 7.88.